The molecule has 1 heteroatoms. The van der Waals surface area contributed by atoms with Crippen LogP contribution in [0, 0.1) is 11.8 Å². The molecule has 0 aromatic carbocycles. The normalized spacial score (nSPS) is 10.4. The van der Waals surface area contributed by atoms with Crippen LogP contribution in [-0.4, -0.2) is 25.1 Å². The predicted octanol–water partition coefficient (Wildman–Crippen LogP) is 3.18. The average molecular weight is 194 g/mol. The van der Waals surface area contributed by atoms with Gasteiger partial charge in [0, 0.05) is 6.42 Å². The van der Waals surface area contributed by atoms with Gasteiger partial charge in [0.05, 0.1) is 20.3 Å². The molecular weight excluding hydrogens is 170 g/mol. The lowest BCUT2D eigenvalue weighted by atomic mass is 10.2. The van der Waals surface area contributed by atoms with Crippen LogP contribution in [-0.2, 0) is 0 Å². The number of hydrogen-bond acceptors (Lipinski definition) is 0. The molecule has 0 atom stereocenters. The standard InChI is InChI=1S/C13H24N/c1-6-7-8-9-10-11-14(4,5)12-13(2)3/h12H,6-8,11H2,1-5H3/q+1. The summed E-state index contributed by atoms with van der Waals surface area (Å²) in [5.74, 6) is 6.46. The van der Waals surface area contributed by atoms with E-state index in [1.165, 1.54) is 18.4 Å². The summed E-state index contributed by atoms with van der Waals surface area (Å²) in [6.45, 7) is 7.37. The van der Waals surface area contributed by atoms with Crippen LogP contribution in [0.4, 0.5) is 0 Å². The third kappa shape index (κ3) is 7.89. The van der Waals surface area contributed by atoms with Crippen molar-refractivity contribution in [2.75, 3.05) is 20.6 Å². The number of allylic oxidation sites excluding steroid dienone is 1. The molecule has 14 heavy (non-hydrogen) atoms. The van der Waals surface area contributed by atoms with Gasteiger partial charge in [-0.05, 0) is 31.8 Å². The highest BCUT2D eigenvalue weighted by Gasteiger charge is 2.08. The van der Waals surface area contributed by atoms with Gasteiger partial charge in [-0.2, -0.15) is 0 Å². The molecule has 80 valence electrons. The molecule has 0 fully saturated rings. The van der Waals surface area contributed by atoms with E-state index in [-0.39, 0.29) is 0 Å². The van der Waals surface area contributed by atoms with Crippen LogP contribution < -0.4 is 0 Å². The van der Waals surface area contributed by atoms with Crippen LogP contribution in [0.15, 0.2) is 11.8 Å². The highest BCUT2D eigenvalue weighted by atomic mass is 15.3. The molecule has 1 nitrogen and oxygen atoms in total. The first-order valence-corrected chi connectivity index (χ1v) is 5.42. The van der Waals surface area contributed by atoms with Gasteiger partial charge in [-0.3, -0.25) is 4.48 Å². The molecular formula is C13H24N+. The molecule has 0 amide bonds. The third-order valence-corrected chi connectivity index (χ3v) is 1.87. The Hall–Kier alpha value is -0.740. The van der Waals surface area contributed by atoms with Crippen molar-refractivity contribution in [1.29, 1.82) is 0 Å². The molecule has 0 aliphatic carbocycles. The zero-order valence-electron chi connectivity index (χ0n) is 10.4. The van der Waals surface area contributed by atoms with Crippen molar-refractivity contribution >= 4 is 0 Å². The summed E-state index contributed by atoms with van der Waals surface area (Å²) in [5, 5.41) is 0. The Balaban J connectivity index is 3.96. The van der Waals surface area contributed by atoms with Gasteiger partial charge in [-0.15, -0.1) is 0 Å². The van der Waals surface area contributed by atoms with Crippen molar-refractivity contribution in [1.82, 2.24) is 0 Å². The Morgan fingerprint density at radius 3 is 2.36 bits per heavy atom. The first kappa shape index (κ1) is 13.3. The van der Waals surface area contributed by atoms with Gasteiger partial charge in [0.25, 0.3) is 0 Å². The quantitative estimate of drug-likeness (QED) is 0.366. The maximum Gasteiger partial charge on any atom is 0.144 e. The maximum atomic E-state index is 3.24. The summed E-state index contributed by atoms with van der Waals surface area (Å²) >= 11 is 0. The number of unbranched alkanes of at least 4 members (excludes halogenated alkanes) is 2. The second kappa shape index (κ2) is 6.68. The third-order valence-electron chi connectivity index (χ3n) is 1.87. The lowest BCUT2D eigenvalue weighted by Gasteiger charge is -2.22. The molecule has 0 unspecified atom stereocenters. The molecule has 0 N–H and O–H groups in total. The summed E-state index contributed by atoms with van der Waals surface area (Å²) in [6, 6.07) is 0. The minimum atomic E-state index is 0.863. The minimum Gasteiger partial charge on any atom is -0.292 e. The first-order valence-electron chi connectivity index (χ1n) is 5.42. The Morgan fingerprint density at radius 1 is 1.21 bits per heavy atom. The highest BCUT2D eigenvalue weighted by molar-refractivity contribution is 5.00. The van der Waals surface area contributed by atoms with Crippen LogP contribution in [0.1, 0.15) is 40.0 Å². The largest absolute Gasteiger partial charge is 0.292 e. The molecule has 0 aliphatic rings. The second-order valence-electron chi connectivity index (χ2n) is 4.60. The van der Waals surface area contributed by atoms with Gasteiger partial charge >= 0.3 is 0 Å². The zero-order chi connectivity index (χ0) is 11.0. The second-order valence-corrected chi connectivity index (χ2v) is 4.60. The van der Waals surface area contributed by atoms with E-state index in [2.05, 4.69) is 52.9 Å². The van der Waals surface area contributed by atoms with Gasteiger partial charge in [0.1, 0.15) is 6.54 Å². The van der Waals surface area contributed by atoms with E-state index in [9.17, 15) is 0 Å². The van der Waals surface area contributed by atoms with E-state index >= 15 is 0 Å². The SMILES string of the molecule is CCCCC#CC[N+](C)(C)C=C(C)C. The van der Waals surface area contributed by atoms with E-state index in [0.717, 1.165) is 17.4 Å². The van der Waals surface area contributed by atoms with E-state index < -0.39 is 0 Å². The van der Waals surface area contributed by atoms with Crippen LogP contribution >= 0.6 is 0 Å². The first-order chi connectivity index (χ1) is 6.48. The van der Waals surface area contributed by atoms with Crippen LogP contribution in [0.2, 0.25) is 0 Å². The molecule has 0 spiro atoms. The van der Waals surface area contributed by atoms with Gasteiger partial charge in [-0.1, -0.05) is 19.3 Å². The monoisotopic (exact) mass is 194 g/mol. The molecule has 0 saturated heterocycles. The molecule has 0 rings (SSSR count). The molecule has 0 radical (unpaired) electrons. The van der Waals surface area contributed by atoms with E-state index in [1.54, 1.807) is 0 Å². The fraction of sp³-hybridized carbons (Fsp3) is 0.692. The molecule has 0 aromatic rings. The topological polar surface area (TPSA) is 0 Å². The summed E-state index contributed by atoms with van der Waals surface area (Å²) in [4.78, 5) is 0. The van der Waals surface area contributed by atoms with Crippen LogP contribution in [0.3, 0.4) is 0 Å². The van der Waals surface area contributed by atoms with Gasteiger partial charge < -0.3 is 0 Å². The number of quaternary nitrogens is 1. The summed E-state index contributed by atoms with van der Waals surface area (Å²) < 4.78 is 0.863. The van der Waals surface area contributed by atoms with E-state index in [1.807, 2.05) is 0 Å². The van der Waals surface area contributed by atoms with Crippen molar-refractivity contribution in [3.05, 3.63) is 11.8 Å². The fourth-order valence-electron chi connectivity index (χ4n) is 1.36. The summed E-state index contributed by atoms with van der Waals surface area (Å²) in [6.07, 6.45) is 5.75. The molecule has 0 bridgehead atoms. The van der Waals surface area contributed by atoms with Crippen molar-refractivity contribution in [3.63, 3.8) is 0 Å². The van der Waals surface area contributed by atoms with Crippen molar-refractivity contribution in [2.45, 2.75) is 40.0 Å². The maximum absolute atomic E-state index is 3.24. The Labute approximate surface area is 89.4 Å². The predicted molar refractivity (Wildman–Crippen MR) is 63.7 cm³/mol. The Kier molecular flexibility index (Phi) is 6.32. The van der Waals surface area contributed by atoms with Crippen LogP contribution in [0.25, 0.3) is 0 Å². The molecule has 0 saturated carbocycles. The minimum absolute atomic E-state index is 0.863. The highest BCUT2D eigenvalue weighted by Crippen LogP contribution is 2.02. The molecule has 0 aliphatic heterocycles. The van der Waals surface area contributed by atoms with Gasteiger partial charge in [-0.25, -0.2) is 0 Å². The zero-order valence-corrected chi connectivity index (χ0v) is 10.4. The van der Waals surface area contributed by atoms with Crippen molar-refractivity contribution < 1.29 is 4.48 Å². The fourth-order valence-corrected chi connectivity index (χ4v) is 1.36. The number of rotatable bonds is 4. The molecule has 0 aromatic heterocycles. The number of nitrogens with zero attached hydrogens (tertiary/aromatic N) is 1. The van der Waals surface area contributed by atoms with Gasteiger partial charge in [0.2, 0.25) is 0 Å². The van der Waals surface area contributed by atoms with E-state index in [0.29, 0.717) is 0 Å². The lowest BCUT2D eigenvalue weighted by Crippen LogP contribution is -2.33. The van der Waals surface area contributed by atoms with Crippen molar-refractivity contribution in [2.24, 2.45) is 0 Å². The van der Waals surface area contributed by atoms with Crippen LogP contribution in [0.5, 0.6) is 0 Å². The number of hydrogen-bond donors (Lipinski definition) is 0. The average Bonchev–Trinajstić information content (AvgIpc) is 2.01. The molecule has 0 heterocycles. The van der Waals surface area contributed by atoms with Crippen molar-refractivity contribution in [3.8, 4) is 11.8 Å². The summed E-state index contributed by atoms with van der Waals surface area (Å²) in [7, 11) is 4.36. The van der Waals surface area contributed by atoms with Gasteiger partial charge in [0.15, 0.2) is 0 Å². The smallest absolute Gasteiger partial charge is 0.144 e. The Bertz CT molecular complexity index is 234. The Morgan fingerprint density at radius 2 is 1.86 bits per heavy atom. The summed E-state index contributed by atoms with van der Waals surface area (Å²) in [5.41, 5.74) is 1.35. The van der Waals surface area contributed by atoms with E-state index in [4.69, 9.17) is 0 Å². The lowest BCUT2D eigenvalue weighted by molar-refractivity contribution is -0.831.